The molecule has 1 aromatic carbocycles. The number of hydrogen-bond donors (Lipinski definition) is 3. The van der Waals surface area contributed by atoms with E-state index in [0.717, 1.165) is 5.56 Å². The zero-order valence-corrected chi connectivity index (χ0v) is 12.0. The number of aliphatic hydroxyl groups excluding tert-OH is 2. The summed E-state index contributed by atoms with van der Waals surface area (Å²) in [6, 6.07) is 2.39. The zero-order valence-electron chi connectivity index (χ0n) is 12.0. The number of nitrogens with one attached hydrogen (secondary N) is 1. The van der Waals surface area contributed by atoms with E-state index >= 15 is 0 Å². The van der Waals surface area contributed by atoms with Crippen molar-refractivity contribution in [1.82, 2.24) is 5.32 Å². The van der Waals surface area contributed by atoms with Gasteiger partial charge in [-0.2, -0.15) is 0 Å². The largest absolute Gasteiger partial charge is 0.390 e. The lowest BCUT2D eigenvalue weighted by molar-refractivity contribution is 0.0118. The van der Waals surface area contributed by atoms with Gasteiger partial charge in [0.25, 0.3) is 0 Å². The molecule has 0 aliphatic heterocycles. The lowest BCUT2D eigenvalue weighted by Gasteiger charge is -2.16. The highest BCUT2D eigenvalue weighted by Crippen LogP contribution is 2.14. The average Bonchev–Trinajstić information content (AvgIpc) is 2.42. The van der Waals surface area contributed by atoms with Crippen LogP contribution in [0.15, 0.2) is 12.1 Å². The third-order valence-electron chi connectivity index (χ3n) is 3.41. The Balaban J connectivity index is 2.30. The van der Waals surface area contributed by atoms with Crippen LogP contribution in [0.1, 0.15) is 37.3 Å². The molecule has 0 aromatic heterocycles. The van der Waals surface area contributed by atoms with Crippen LogP contribution in [0.4, 0.5) is 8.78 Å². The normalized spacial score (nSPS) is 14.3. The van der Waals surface area contributed by atoms with Crippen LogP contribution in [0.25, 0.3) is 0 Å². The summed E-state index contributed by atoms with van der Waals surface area (Å²) in [5, 5.41) is 22.1. The number of aliphatic hydroxyl groups is 2. The third kappa shape index (κ3) is 5.15. The lowest BCUT2D eigenvalue weighted by atomic mass is 10.1. The molecule has 0 aliphatic rings. The van der Waals surface area contributed by atoms with Crippen molar-refractivity contribution in [2.24, 2.45) is 0 Å². The molecule has 0 saturated heterocycles. The van der Waals surface area contributed by atoms with Crippen molar-refractivity contribution < 1.29 is 19.0 Å². The van der Waals surface area contributed by atoms with Crippen molar-refractivity contribution in [3.63, 3.8) is 0 Å². The Kier molecular flexibility index (Phi) is 7.05. The molecule has 20 heavy (non-hydrogen) atoms. The van der Waals surface area contributed by atoms with E-state index in [1.165, 1.54) is 12.1 Å². The molecular weight excluding hydrogens is 264 g/mol. The molecule has 0 fully saturated rings. The smallest absolute Gasteiger partial charge is 0.159 e. The fraction of sp³-hybridized carbons (Fsp3) is 0.600. The van der Waals surface area contributed by atoms with Crippen LogP contribution in [-0.2, 0) is 6.54 Å². The summed E-state index contributed by atoms with van der Waals surface area (Å²) in [4.78, 5) is 0. The Morgan fingerprint density at radius 2 is 1.80 bits per heavy atom. The van der Waals surface area contributed by atoms with E-state index in [1.807, 2.05) is 6.92 Å². The summed E-state index contributed by atoms with van der Waals surface area (Å²) in [5.41, 5.74) is 1.43. The molecule has 1 aromatic rings. The number of rotatable bonds is 8. The molecule has 1 rings (SSSR count). The Morgan fingerprint density at radius 1 is 1.15 bits per heavy atom. The van der Waals surface area contributed by atoms with Gasteiger partial charge in [-0.25, -0.2) is 8.78 Å². The van der Waals surface area contributed by atoms with Crippen LogP contribution in [0.5, 0.6) is 0 Å². The third-order valence-corrected chi connectivity index (χ3v) is 3.41. The molecular formula is C15H23F2NO2. The molecule has 0 saturated carbocycles. The number of benzene rings is 1. The van der Waals surface area contributed by atoms with Gasteiger partial charge in [-0.15, -0.1) is 0 Å². The van der Waals surface area contributed by atoms with Gasteiger partial charge in [0.2, 0.25) is 0 Å². The van der Waals surface area contributed by atoms with Crippen molar-refractivity contribution in [2.75, 3.05) is 6.54 Å². The van der Waals surface area contributed by atoms with E-state index in [0.29, 0.717) is 37.9 Å². The van der Waals surface area contributed by atoms with Gasteiger partial charge < -0.3 is 15.5 Å². The first-order valence-electron chi connectivity index (χ1n) is 6.97. The summed E-state index contributed by atoms with van der Waals surface area (Å²) in [5.74, 6) is -1.67. The summed E-state index contributed by atoms with van der Waals surface area (Å²) >= 11 is 0. The van der Waals surface area contributed by atoms with Gasteiger partial charge in [0.05, 0.1) is 12.2 Å². The predicted octanol–water partition coefficient (Wildman–Crippen LogP) is 2.27. The van der Waals surface area contributed by atoms with Gasteiger partial charge >= 0.3 is 0 Å². The molecule has 114 valence electrons. The number of hydrogen-bond acceptors (Lipinski definition) is 3. The SMILES string of the molecule is CCC(O)C(O)CCCNCc1cc(F)c(F)cc1C. The van der Waals surface area contributed by atoms with E-state index in [9.17, 15) is 19.0 Å². The van der Waals surface area contributed by atoms with E-state index in [-0.39, 0.29) is 0 Å². The quantitative estimate of drug-likeness (QED) is 0.643. The summed E-state index contributed by atoms with van der Waals surface area (Å²) in [6.45, 7) is 4.65. The summed E-state index contributed by atoms with van der Waals surface area (Å²) in [6.07, 6.45) is 0.373. The van der Waals surface area contributed by atoms with Crippen molar-refractivity contribution in [3.8, 4) is 0 Å². The molecule has 0 bridgehead atoms. The second-order valence-electron chi connectivity index (χ2n) is 5.05. The minimum atomic E-state index is -0.839. The molecule has 2 atom stereocenters. The first kappa shape index (κ1) is 17.0. The highest BCUT2D eigenvalue weighted by Gasteiger charge is 2.13. The first-order chi connectivity index (χ1) is 9.45. The lowest BCUT2D eigenvalue weighted by Crippen LogP contribution is -2.26. The second-order valence-corrected chi connectivity index (χ2v) is 5.05. The first-order valence-corrected chi connectivity index (χ1v) is 6.97. The number of aryl methyl sites for hydroxylation is 1. The molecule has 0 heterocycles. The molecule has 0 radical (unpaired) electrons. The minimum absolute atomic E-state index is 0.454. The summed E-state index contributed by atoms with van der Waals surface area (Å²) in [7, 11) is 0. The average molecular weight is 287 g/mol. The maximum Gasteiger partial charge on any atom is 0.159 e. The van der Waals surface area contributed by atoms with E-state index < -0.39 is 23.8 Å². The van der Waals surface area contributed by atoms with Gasteiger partial charge in [0, 0.05) is 6.54 Å². The standard InChI is InChI=1S/C15H23F2NO2/c1-3-14(19)15(20)5-4-6-18-9-11-8-13(17)12(16)7-10(11)2/h7-8,14-15,18-20H,3-6,9H2,1-2H3. The van der Waals surface area contributed by atoms with Crippen molar-refractivity contribution in [1.29, 1.82) is 0 Å². The fourth-order valence-electron chi connectivity index (χ4n) is 2.00. The second kappa shape index (κ2) is 8.29. The zero-order chi connectivity index (χ0) is 15.1. The monoisotopic (exact) mass is 287 g/mol. The van der Waals surface area contributed by atoms with Crippen LogP contribution in [0, 0.1) is 18.6 Å². The van der Waals surface area contributed by atoms with Crippen molar-refractivity contribution in [2.45, 2.75) is 51.9 Å². The van der Waals surface area contributed by atoms with Crippen molar-refractivity contribution in [3.05, 3.63) is 34.9 Å². The van der Waals surface area contributed by atoms with Gasteiger partial charge in [0.1, 0.15) is 0 Å². The Morgan fingerprint density at radius 3 is 2.45 bits per heavy atom. The topological polar surface area (TPSA) is 52.5 Å². The molecule has 2 unspecified atom stereocenters. The number of halogens is 2. The van der Waals surface area contributed by atoms with Crippen molar-refractivity contribution >= 4 is 0 Å². The minimum Gasteiger partial charge on any atom is -0.390 e. The van der Waals surface area contributed by atoms with Crippen LogP contribution >= 0.6 is 0 Å². The fourth-order valence-corrected chi connectivity index (χ4v) is 2.00. The Hall–Kier alpha value is -1.04. The van der Waals surface area contributed by atoms with Crippen LogP contribution < -0.4 is 5.32 Å². The molecule has 0 aliphatic carbocycles. The highest BCUT2D eigenvalue weighted by atomic mass is 19.2. The van der Waals surface area contributed by atoms with Crippen LogP contribution in [-0.4, -0.2) is 29.0 Å². The van der Waals surface area contributed by atoms with Gasteiger partial charge in [0.15, 0.2) is 11.6 Å². The summed E-state index contributed by atoms with van der Waals surface area (Å²) < 4.78 is 26.1. The van der Waals surface area contributed by atoms with Crippen LogP contribution in [0.2, 0.25) is 0 Å². The van der Waals surface area contributed by atoms with Crippen LogP contribution in [0.3, 0.4) is 0 Å². The van der Waals surface area contributed by atoms with E-state index in [2.05, 4.69) is 5.32 Å². The van der Waals surface area contributed by atoms with Gasteiger partial charge in [-0.05, 0) is 56.0 Å². The molecule has 5 heteroatoms. The Bertz CT molecular complexity index is 427. The highest BCUT2D eigenvalue weighted by molar-refractivity contribution is 5.27. The molecule has 0 spiro atoms. The molecule has 0 amide bonds. The van der Waals surface area contributed by atoms with Gasteiger partial charge in [-0.1, -0.05) is 6.92 Å². The van der Waals surface area contributed by atoms with E-state index in [1.54, 1.807) is 6.92 Å². The Labute approximate surface area is 118 Å². The maximum atomic E-state index is 13.1. The van der Waals surface area contributed by atoms with Gasteiger partial charge in [-0.3, -0.25) is 0 Å². The maximum absolute atomic E-state index is 13.1. The van der Waals surface area contributed by atoms with E-state index in [4.69, 9.17) is 0 Å². The molecule has 3 nitrogen and oxygen atoms in total. The predicted molar refractivity (Wildman–Crippen MR) is 74.3 cm³/mol. The molecule has 3 N–H and O–H groups in total.